The fourth-order valence-electron chi connectivity index (χ4n) is 0.822. The molecule has 0 heterocycles. The number of carbonyl (C=O) groups is 1. The van der Waals surface area contributed by atoms with E-state index in [-0.39, 0.29) is 18.1 Å². The Morgan fingerprint density at radius 3 is 2.60 bits per heavy atom. The standard InChI is InChI=1S/C7H14ClNO5S/c1-14-7(11)6(5-10)9-15(12,13)4-2-3-8/h6,9-10H,2-5H2,1H3. The molecule has 0 radical (unpaired) electrons. The van der Waals surface area contributed by atoms with Gasteiger partial charge in [-0.1, -0.05) is 0 Å². The lowest BCUT2D eigenvalue weighted by Gasteiger charge is -2.13. The van der Waals surface area contributed by atoms with Crippen LogP contribution in [0.3, 0.4) is 0 Å². The van der Waals surface area contributed by atoms with Crippen LogP contribution in [0.15, 0.2) is 0 Å². The van der Waals surface area contributed by atoms with Crippen LogP contribution in [0, 0.1) is 0 Å². The third kappa shape index (κ3) is 5.93. The van der Waals surface area contributed by atoms with Crippen molar-refractivity contribution in [1.82, 2.24) is 4.72 Å². The Balaban J connectivity index is 4.34. The minimum atomic E-state index is -3.61. The highest BCUT2D eigenvalue weighted by Crippen LogP contribution is 1.96. The molecule has 15 heavy (non-hydrogen) atoms. The molecule has 90 valence electrons. The highest BCUT2D eigenvalue weighted by atomic mass is 35.5. The van der Waals surface area contributed by atoms with Crippen LogP contribution in [0.1, 0.15) is 6.42 Å². The van der Waals surface area contributed by atoms with Gasteiger partial charge in [0.2, 0.25) is 10.0 Å². The van der Waals surface area contributed by atoms with Gasteiger partial charge in [-0.3, -0.25) is 4.79 Å². The molecule has 1 atom stereocenters. The van der Waals surface area contributed by atoms with E-state index in [0.717, 1.165) is 7.11 Å². The first kappa shape index (κ1) is 14.6. The second kappa shape index (κ2) is 7.00. The molecule has 0 aromatic heterocycles. The van der Waals surface area contributed by atoms with Crippen LogP contribution in [0.5, 0.6) is 0 Å². The largest absolute Gasteiger partial charge is 0.468 e. The molecule has 0 aromatic carbocycles. The van der Waals surface area contributed by atoms with E-state index < -0.39 is 28.6 Å². The lowest BCUT2D eigenvalue weighted by atomic mass is 10.3. The molecule has 2 N–H and O–H groups in total. The van der Waals surface area contributed by atoms with Crippen LogP contribution in [0.4, 0.5) is 0 Å². The van der Waals surface area contributed by atoms with Crippen LogP contribution in [0.25, 0.3) is 0 Å². The van der Waals surface area contributed by atoms with Gasteiger partial charge in [-0.25, -0.2) is 8.42 Å². The van der Waals surface area contributed by atoms with Gasteiger partial charge in [0.15, 0.2) is 0 Å². The Morgan fingerprint density at radius 2 is 2.20 bits per heavy atom. The second-order valence-corrected chi connectivity index (χ2v) is 4.99. The Morgan fingerprint density at radius 1 is 1.60 bits per heavy atom. The summed E-state index contributed by atoms with van der Waals surface area (Å²) < 4.78 is 28.9. The van der Waals surface area contributed by atoms with Crippen molar-refractivity contribution in [2.24, 2.45) is 0 Å². The first-order valence-electron chi connectivity index (χ1n) is 4.21. The summed E-state index contributed by atoms with van der Waals surface area (Å²) in [7, 11) is -2.50. The number of rotatable bonds is 7. The van der Waals surface area contributed by atoms with Crippen molar-refractivity contribution in [2.45, 2.75) is 12.5 Å². The predicted molar refractivity (Wildman–Crippen MR) is 55.1 cm³/mol. The zero-order valence-electron chi connectivity index (χ0n) is 8.27. The van der Waals surface area contributed by atoms with Gasteiger partial charge in [-0.2, -0.15) is 4.72 Å². The molecule has 0 amide bonds. The average Bonchev–Trinajstić information content (AvgIpc) is 2.22. The number of aliphatic hydroxyl groups is 1. The molecule has 0 aliphatic carbocycles. The van der Waals surface area contributed by atoms with E-state index in [1.807, 2.05) is 4.72 Å². The van der Waals surface area contributed by atoms with E-state index in [0.29, 0.717) is 0 Å². The molecule has 0 saturated carbocycles. The molecule has 1 unspecified atom stereocenters. The molecule has 0 fully saturated rings. The normalized spacial score (nSPS) is 13.5. The molecule has 0 bridgehead atoms. The van der Waals surface area contributed by atoms with Crippen LogP contribution >= 0.6 is 11.6 Å². The Bertz CT molecular complexity index is 292. The van der Waals surface area contributed by atoms with Crippen molar-refractivity contribution in [2.75, 3.05) is 25.3 Å². The summed E-state index contributed by atoms with van der Waals surface area (Å²) in [5, 5.41) is 8.76. The van der Waals surface area contributed by atoms with Crippen LogP contribution in [-0.2, 0) is 19.6 Å². The fourth-order valence-corrected chi connectivity index (χ4v) is 2.36. The van der Waals surface area contributed by atoms with E-state index in [9.17, 15) is 13.2 Å². The van der Waals surface area contributed by atoms with Crippen molar-refractivity contribution in [3.63, 3.8) is 0 Å². The molecule has 0 rings (SSSR count). The Labute approximate surface area is 93.6 Å². The molecule has 0 aromatic rings. The highest BCUT2D eigenvalue weighted by Gasteiger charge is 2.23. The minimum Gasteiger partial charge on any atom is -0.468 e. The Hall–Kier alpha value is -0.370. The van der Waals surface area contributed by atoms with E-state index in [2.05, 4.69) is 4.74 Å². The third-order valence-corrected chi connectivity index (χ3v) is 3.27. The van der Waals surface area contributed by atoms with Gasteiger partial charge in [0.05, 0.1) is 19.5 Å². The average molecular weight is 260 g/mol. The number of carbonyl (C=O) groups excluding carboxylic acids is 1. The van der Waals surface area contributed by atoms with Gasteiger partial charge in [0.1, 0.15) is 6.04 Å². The van der Waals surface area contributed by atoms with E-state index in [1.54, 1.807) is 0 Å². The Kier molecular flexibility index (Phi) is 6.82. The zero-order valence-corrected chi connectivity index (χ0v) is 9.84. The number of alkyl halides is 1. The molecule has 0 aliphatic rings. The summed E-state index contributed by atoms with van der Waals surface area (Å²) in [5.74, 6) is -0.806. The van der Waals surface area contributed by atoms with Gasteiger partial charge in [0, 0.05) is 5.88 Å². The van der Waals surface area contributed by atoms with Gasteiger partial charge in [0.25, 0.3) is 0 Å². The number of esters is 1. The van der Waals surface area contributed by atoms with Gasteiger partial charge in [-0.05, 0) is 6.42 Å². The van der Waals surface area contributed by atoms with Crippen molar-refractivity contribution in [3.8, 4) is 0 Å². The first-order valence-corrected chi connectivity index (χ1v) is 6.40. The van der Waals surface area contributed by atoms with Crippen LogP contribution in [-0.4, -0.2) is 50.9 Å². The van der Waals surface area contributed by atoms with Crippen molar-refractivity contribution in [1.29, 1.82) is 0 Å². The zero-order chi connectivity index (χ0) is 11.9. The molecular weight excluding hydrogens is 246 g/mol. The lowest BCUT2D eigenvalue weighted by Crippen LogP contribution is -2.44. The number of methoxy groups -OCH3 is 1. The fraction of sp³-hybridized carbons (Fsp3) is 0.857. The summed E-state index contributed by atoms with van der Waals surface area (Å²) in [4.78, 5) is 11.0. The number of hydrogen-bond donors (Lipinski definition) is 2. The molecular formula is C7H14ClNO5S. The van der Waals surface area contributed by atoms with Crippen molar-refractivity contribution >= 4 is 27.6 Å². The topological polar surface area (TPSA) is 92.7 Å². The monoisotopic (exact) mass is 259 g/mol. The van der Waals surface area contributed by atoms with E-state index in [4.69, 9.17) is 16.7 Å². The van der Waals surface area contributed by atoms with Gasteiger partial charge < -0.3 is 9.84 Å². The number of halogens is 1. The quantitative estimate of drug-likeness (QED) is 0.455. The lowest BCUT2D eigenvalue weighted by molar-refractivity contribution is -0.143. The van der Waals surface area contributed by atoms with Gasteiger partial charge in [-0.15, -0.1) is 11.6 Å². The molecule has 8 heteroatoms. The number of nitrogens with one attached hydrogen (secondary N) is 1. The minimum absolute atomic E-state index is 0.190. The van der Waals surface area contributed by atoms with Crippen LogP contribution < -0.4 is 4.72 Å². The molecule has 0 aliphatic heterocycles. The highest BCUT2D eigenvalue weighted by molar-refractivity contribution is 7.89. The number of ether oxygens (including phenoxy) is 1. The second-order valence-electron chi connectivity index (χ2n) is 2.74. The SMILES string of the molecule is COC(=O)C(CO)NS(=O)(=O)CCCCl. The smallest absolute Gasteiger partial charge is 0.326 e. The molecule has 6 nitrogen and oxygen atoms in total. The summed E-state index contributed by atoms with van der Waals surface area (Å²) in [6.45, 7) is -0.646. The van der Waals surface area contributed by atoms with E-state index >= 15 is 0 Å². The number of sulfonamides is 1. The number of hydrogen-bond acceptors (Lipinski definition) is 5. The first-order chi connectivity index (χ1) is 6.96. The van der Waals surface area contributed by atoms with E-state index in [1.165, 1.54) is 0 Å². The maximum atomic E-state index is 11.3. The summed E-state index contributed by atoms with van der Waals surface area (Å²) >= 11 is 5.33. The van der Waals surface area contributed by atoms with Crippen molar-refractivity contribution in [3.05, 3.63) is 0 Å². The third-order valence-electron chi connectivity index (χ3n) is 1.54. The summed E-state index contributed by atoms with van der Waals surface area (Å²) in [6, 6.07) is -1.25. The van der Waals surface area contributed by atoms with Crippen molar-refractivity contribution < 1.29 is 23.1 Å². The number of aliphatic hydroxyl groups excluding tert-OH is 1. The maximum absolute atomic E-state index is 11.3. The maximum Gasteiger partial charge on any atom is 0.326 e. The van der Waals surface area contributed by atoms with Gasteiger partial charge >= 0.3 is 5.97 Å². The molecule has 0 saturated heterocycles. The van der Waals surface area contributed by atoms with Crippen LogP contribution in [0.2, 0.25) is 0 Å². The summed E-state index contributed by atoms with van der Waals surface area (Å²) in [5.41, 5.74) is 0. The summed E-state index contributed by atoms with van der Waals surface area (Å²) in [6.07, 6.45) is 0.274. The molecule has 0 spiro atoms. The predicted octanol–water partition coefficient (Wildman–Crippen LogP) is -0.931.